The first-order chi connectivity index (χ1) is 12.6. The number of hydrogen-bond acceptors (Lipinski definition) is 5. The third-order valence-corrected chi connectivity index (χ3v) is 4.52. The van der Waals surface area contributed by atoms with Crippen LogP contribution in [0.3, 0.4) is 0 Å². The maximum absolute atomic E-state index is 12.8. The summed E-state index contributed by atoms with van der Waals surface area (Å²) in [6.07, 6.45) is 5.62. The Kier molecular flexibility index (Phi) is 3.61. The molecule has 0 radical (unpaired) electrons. The van der Waals surface area contributed by atoms with Crippen molar-refractivity contribution in [1.29, 1.82) is 0 Å². The normalized spacial score (nSPS) is 23.6. The van der Waals surface area contributed by atoms with Crippen molar-refractivity contribution in [2.45, 2.75) is 19.0 Å². The molecular formula is C18H15N3O5. The number of hydrazine groups is 1. The van der Waals surface area contributed by atoms with Crippen LogP contribution >= 0.6 is 0 Å². The zero-order valence-corrected chi connectivity index (χ0v) is 13.9. The molecule has 132 valence electrons. The van der Waals surface area contributed by atoms with E-state index >= 15 is 0 Å². The Morgan fingerprint density at radius 2 is 1.73 bits per heavy atom. The summed E-state index contributed by atoms with van der Waals surface area (Å²) in [6.45, 7) is 1.82. The molecule has 8 nitrogen and oxygen atoms in total. The molecule has 3 aliphatic rings. The zero-order chi connectivity index (χ0) is 18.4. The van der Waals surface area contributed by atoms with Crippen molar-refractivity contribution in [3.8, 4) is 0 Å². The van der Waals surface area contributed by atoms with E-state index in [9.17, 15) is 19.2 Å². The number of carbonyl (C=O) groups is 4. The molecule has 3 heterocycles. The molecule has 1 aromatic carbocycles. The molecule has 2 atom stereocenters. The van der Waals surface area contributed by atoms with Crippen LogP contribution in [0.5, 0.6) is 0 Å². The van der Waals surface area contributed by atoms with Gasteiger partial charge in [0.15, 0.2) is 0 Å². The van der Waals surface area contributed by atoms with Gasteiger partial charge >= 0.3 is 6.09 Å². The van der Waals surface area contributed by atoms with Crippen molar-refractivity contribution < 1.29 is 23.9 Å². The van der Waals surface area contributed by atoms with E-state index in [1.165, 1.54) is 11.2 Å². The maximum Gasteiger partial charge on any atom is 0.433 e. The second-order valence-corrected chi connectivity index (χ2v) is 5.91. The van der Waals surface area contributed by atoms with Crippen LogP contribution in [-0.4, -0.2) is 57.4 Å². The Bertz CT molecular complexity index is 856. The van der Waals surface area contributed by atoms with Gasteiger partial charge in [0.1, 0.15) is 12.1 Å². The fraction of sp³-hybridized carbons (Fsp3) is 0.222. The zero-order valence-electron chi connectivity index (χ0n) is 13.9. The van der Waals surface area contributed by atoms with E-state index in [1.807, 2.05) is 0 Å². The molecule has 8 heteroatoms. The van der Waals surface area contributed by atoms with Gasteiger partial charge in [0.25, 0.3) is 17.7 Å². The van der Waals surface area contributed by atoms with E-state index in [1.54, 1.807) is 49.4 Å². The molecule has 1 saturated heterocycles. The molecule has 0 N–H and O–H groups in total. The first kappa shape index (κ1) is 16.1. The number of imide groups is 1. The van der Waals surface area contributed by atoms with E-state index in [-0.39, 0.29) is 17.7 Å². The van der Waals surface area contributed by atoms with Crippen molar-refractivity contribution in [3.05, 3.63) is 59.8 Å². The molecule has 1 fully saturated rings. The molecule has 26 heavy (non-hydrogen) atoms. The molecule has 0 spiro atoms. The summed E-state index contributed by atoms with van der Waals surface area (Å²) in [7, 11) is 0. The maximum atomic E-state index is 12.8. The topological polar surface area (TPSA) is 87.2 Å². The van der Waals surface area contributed by atoms with Crippen LogP contribution in [0.2, 0.25) is 0 Å². The van der Waals surface area contributed by atoms with Gasteiger partial charge in [-0.2, -0.15) is 5.01 Å². The van der Waals surface area contributed by atoms with Crippen molar-refractivity contribution in [2.75, 3.05) is 6.61 Å². The highest BCUT2D eigenvalue weighted by molar-refractivity contribution is 6.23. The highest BCUT2D eigenvalue weighted by Crippen LogP contribution is 2.35. The molecule has 0 bridgehead atoms. The fourth-order valence-corrected chi connectivity index (χ4v) is 3.36. The van der Waals surface area contributed by atoms with Gasteiger partial charge in [-0.1, -0.05) is 24.3 Å². The third kappa shape index (κ3) is 2.08. The van der Waals surface area contributed by atoms with Crippen LogP contribution < -0.4 is 0 Å². The van der Waals surface area contributed by atoms with Gasteiger partial charge in [0.05, 0.1) is 17.7 Å². The van der Waals surface area contributed by atoms with Gasteiger partial charge < -0.3 is 4.74 Å². The number of β-lactam (4-membered cyclic amide) rings is 1. The smallest absolute Gasteiger partial charge is 0.433 e. The highest BCUT2D eigenvalue weighted by atomic mass is 16.6. The third-order valence-electron chi connectivity index (χ3n) is 4.52. The lowest BCUT2D eigenvalue weighted by atomic mass is 9.95. The first-order valence-corrected chi connectivity index (χ1v) is 8.17. The molecule has 0 aliphatic carbocycles. The van der Waals surface area contributed by atoms with Gasteiger partial charge in [-0.3, -0.25) is 19.3 Å². The fourth-order valence-electron chi connectivity index (χ4n) is 3.36. The van der Waals surface area contributed by atoms with Crippen LogP contribution in [0.25, 0.3) is 0 Å². The van der Waals surface area contributed by atoms with Gasteiger partial charge in [0, 0.05) is 6.20 Å². The molecular weight excluding hydrogens is 338 g/mol. The van der Waals surface area contributed by atoms with Crippen LogP contribution in [0.4, 0.5) is 4.79 Å². The second kappa shape index (κ2) is 5.83. The van der Waals surface area contributed by atoms with Crippen LogP contribution in [0.1, 0.15) is 27.6 Å². The number of rotatable bonds is 2. The lowest BCUT2D eigenvalue weighted by molar-refractivity contribution is -0.172. The van der Waals surface area contributed by atoms with E-state index in [0.717, 1.165) is 9.91 Å². The summed E-state index contributed by atoms with van der Waals surface area (Å²) >= 11 is 0. The predicted molar refractivity (Wildman–Crippen MR) is 88.5 cm³/mol. The number of fused-ring (bicyclic) bond motifs is 2. The number of allylic oxidation sites excluding steroid dienone is 2. The van der Waals surface area contributed by atoms with Crippen LogP contribution in [0, 0.1) is 0 Å². The molecule has 0 unspecified atom stereocenters. The quantitative estimate of drug-likeness (QED) is 0.591. The Morgan fingerprint density at radius 1 is 1.08 bits per heavy atom. The number of ether oxygens (including phenoxy) is 1. The summed E-state index contributed by atoms with van der Waals surface area (Å²) < 4.78 is 4.96. The first-order valence-electron chi connectivity index (χ1n) is 8.17. The minimum Gasteiger partial charge on any atom is -0.448 e. The number of amides is 4. The van der Waals surface area contributed by atoms with E-state index < -0.39 is 35.9 Å². The van der Waals surface area contributed by atoms with Crippen molar-refractivity contribution in [2.24, 2.45) is 0 Å². The number of benzene rings is 1. The molecule has 0 saturated carbocycles. The van der Waals surface area contributed by atoms with Gasteiger partial charge in [0.2, 0.25) is 0 Å². The summed E-state index contributed by atoms with van der Waals surface area (Å²) in [5, 5.41) is 2.25. The average Bonchev–Trinajstić information content (AvgIpc) is 2.79. The minimum atomic E-state index is -0.990. The Morgan fingerprint density at radius 3 is 2.35 bits per heavy atom. The van der Waals surface area contributed by atoms with Crippen molar-refractivity contribution >= 4 is 23.8 Å². The van der Waals surface area contributed by atoms with E-state index in [4.69, 9.17) is 4.74 Å². The number of nitrogens with zero attached hydrogens (tertiary/aromatic N) is 3. The standard InChI is InChI=1S/C18H15N3O5/c1-2-26-18(25)19-10-6-5-9-13-14(17(24)21(13)19)20-15(22)11-7-3-4-8-12(11)16(20)23/h3-10,13-14H,2H2,1H3/t13-,14+/m1/s1. The van der Waals surface area contributed by atoms with Crippen LogP contribution in [0.15, 0.2) is 48.7 Å². The summed E-state index contributed by atoms with van der Waals surface area (Å²) in [5.41, 5.74) is 0.559. The average molecular weight is 353 g/mol. The molecule has 4 amide bonds. The lowest BCUT2D eigenvalue weighted by Gasteiger charge is -2.50. The van der Waals surface area contributed by atoms with Gasteiger partial charge in [-0.25, -0.2) is 9.80 Å². The van der Waals surface area contributed by atoms with Gasteiger partial charge in [-0.15, -0.1) is 0 Å². The largest absolute Gasteiger partial charge is 0.448 e. The number of carbonyl (C=O) groups excluding carboxylic acids is 4. The summed E-state index contributed by atoms with van der Waals surface area (Å²) in [4.78, 5) is 51.2. The van der Waals surface area contributed by atoms with Crippen LogP contribution in [-0.2, 0) is 9.53 Å². The Labute approximate surface area is 148 Å². The summed E-state index contributed by atoms with van der Waals surface area (Å²) in [5.74, 6) is -1.53. The van der Waals surface area contributed by atoms with Crippen molar-refractivity contribution in [3.63, 3.8) is 0 Å². The highest BCUT2D eigenvalue weighted by Gasteiger charge is 2.58. The molecule has 0 aromatic heterocycles. The minimum absolute atomic E-state index is 0.158. The SMILES string of the molecule is CCOC(=O)N1C=CC=C[C@@H]2[C@H](N3C(=O)c4ccccc4C3=O)C(=O)N21. The lowest BCUT2D eigenvalue weighted by Crippen LogP contribution is -2.74. The predicted octanol–water partition coefficient (Wildman–Crippen LogP) is 1.32. The molecule has 1 aromatic rings. The molecule has 3 aliphatic heterocycles. The molecule has 4 rings (SSSR count). The number of hydrogen-bond donors (Lipinski definition) is 0. The van der Waals surface area contributed by atoms with E-state index in [2.05, 4.69) is 0 Å². The Hall–Kier alpha value is -3.42. The Balaban J connectivity index is 1.65. The van der Waals surface area contributed by atoms with Gasteiger partial charge in [-0.05, 0) is 25.1 Å². The second-order valence-electron chi connectivity index (χ2n) is 5.91. The monoisotopic (exact) mass is 353 g/mol. The van der Waals surface area contributed by atoms with E-state index in [0.29, 0.717) is 0 Å². The summed E-state index contributed by atoms with van der Waals surface area (Å²) in [6, 6.07) is 4.83. The van der Waals surface area contributed by atoms with Crippen molar-refractivity contribution in [1.82, 2.24) is 14.9 Å².